The van der Waals surface area contributed by atoms with Crippen molar-refractivity contribution in [1.29, 1.82) is 0 Å². The van der Waals surface area contributed by atoms with Crippen LogP contribution in [0.1, 0.15) is 43.7 Å². The molecule has 1 aromatic carbocycles. The van der Waals surface area contributed by atoms with Crippen molar-refractivity contribution in [3.63, 3.8) is 0 Å². The molecule has 96 valence electrons. The van der Waals surface area contributed by atoms with Crippen LogP contribution in [0.5, 0.6) is 0 Å². The van der Waals surface area contributed by atoms with Crippen LogP contribution in [0.4, 0.5) is 0 Å². The Morgan fingerprint density at radius 3 is 2.39 bits per heavy atom. The molecule has 1 aliphatic rings. The van der Waals surface area contributed by atoms with E-state index in [-0.39, 0.29) is 5.11 Å². The SMILES string of the molecule is CC(C)c1ccc(/C(=N/NC(N)=S)C2CC2)cc1. The second kappa shape index (κ2) is 5.48. The van der Waals surface area contributed by atoms with Crippen LogP contribution in [-0.4, -0.2) is 10.8 Å². The first-order valence-corrected chi connectivity index (χ1v) is 6.72. The Bertz CT molecular complexity index is 458. The van der Waals surface area contributed by atoms with Gasteiger partial charge in [-0.3, -0.25) is 5.43 Å². The van der Waals surface area contributed by atoms with E-state index in [0.29, 0.717) is 11.8 Å². The molecule has 0 bridgehead atoms. The summed E-state index contributed by atoms with van der Waals surface area (Å²) in [5.74, 6) is 1.10. The molecular weight excluding hydrogens is 242 g/mol. The molecule has 0 unspecified atom stereocenters. The maximum absolute atomic E-state index is 5.42. The molecule has 1 saturated carbocycles. The summed E-state index contributed by atoms with van der Waals surface area (Å²) in [7, 11) is 0. The highest BCUT2D eigenvalue weighted by Crippen LogP contribution is 2.33. The van der Waals surface area contributed by atoms with Gasteiger partial charge in [0.05, 0.1) is 5.71 Å². The van der Waals surface area contributed by atoms with Crippen LogP contribution in [0.2, 0.25) is 0 Å². The smallest absolute Gasteiger partial charge is 0.184 e. The van der Waals surface area contributed by atoms with Gasteiger partial charge in [0.25, 0.3) is 0 Å². The lowest BCUT2D eigenvalue weighted by Crippen LogP contribution is -2.26. The molecule has 2 rings (SSSR count). The van der Waals surface area contributed by atoms with E-state index < -0.39 is 0 Å². The molecule has 0 atom stereocenters. The second-order valence-electron chi connectivity index (χ2n) is 5.02. The highest BCUT2D eigenvalue weighted by atomic mass is 32.1. The van der Waals surface area contributed by atoms with E-state index in [1.165, 1.54) is 18.4 Å². The second-order valence-corrected chi connectivity index (χ2v) is 5.46. The first kappa shape index (κ1) is 13.0. The molecule has 18 heavy (non-hydrogen) atoms. The van der Waals surface area contributed by atoms with E-state index in [9.17, 15) is 0 Å². The molecule has 1 aromatic rings. The van der Waals surface area contributed by atoms with Gasteiger partial charge in [-0.25, -0.2) is 0 Å². The van der Waals surface area contributed by atoms with Crippen LogP contribution < -0.4 is 11.2 Å². The Morgan fingerprint density at radius 1 is 1.33 bits per heavy atom. The third kappa shape index (κ3) is 3.29. The van der Waals surface area contributed by atoms with Gasteiger partial charge in [0.1, 0.15) is 0 Å². The molecule has 3 N–H and O–H groups in total. The van der Waals surface area contributed by atoms with E-state index in [2.05, 4.69) is 48.6 Å². The van der Waals surface area contributed by atoms with Crippen LogP contribution in [0.15, 0.2) is 29.4 Å². The van der Waals surface area contributed by atoms with E-state index in [0.717, 1.165) is 11.3 Å². The molecule has 3 nitrogen and oxygen atoms in total. The zero-order chi connectivity index (χ0) is 13.1. The van der Waals surface area contributed by atoms with Crippen LogP contribution in [0.25, 0.3) is 0 Å². The quantitative estimate of drug-likeness (QED) is 0.498. The fraction of sp³-hybridized carbons (Fsp3) is 0.429. The molecule has 4 heteroatoms. The number of rotatable bonds is 4. The predicted molar refractivity (Wildman–Crippen MR) is 79.7 cm³/mol. The molecule has 0 aliphatic heterocycles. The Hall–Kier alpha value is -1.42. The summed E-state index contributed by atoms with van der Waals surface area (Å²) in [5.41, 5.74) is 11.7. The maximum Gasteiger partial charge on any atom is 0.184 e. The monoisotopic (exact) mass is 261 g/mol. The van der Waals surface area contributed by atoms with Crippen LogP contribution in [0.3, 0.4) is 0 Å². The minimum absolute atomic E-state index is 0.215. The third-order valence-electron chi connectivity index (χ3n) is 3.12. The third-order valence-corrected chi connectivity index (χ3v) is 3.21. The molecule has 0 aromatic heterocycles. The molecule has 0 heterocycles. The van der Waals surface area contributed by atoms with Gasteiger partial charge in [-0.1, -0.05) is 38.1 Å². The lowest BCUT2D eigenvalue weighted by atomic mass is 9.99. The van der Waals surface area contributed by atoms with Crippen molar-refractivity contribution in [2.75, 3.05) is 0 Å². The van der Waals surface area contributed by atoms with Gasteiger partial charge < -0.3 is 5.73 Å². The normalized spacial score (nSPS) is 15.8. The first-order valence-electron chi connectivity index (χ1n) is 6.31. The minimum Gasteiger partial charge on any atom is -0.375 e. The minimum atomic E-state index is 0.215. The van der Waals surface area contributed by atoms with Crippen LogP contribution in [0, 0.1) is 5.92 Å². The lowest BCUT2D eigenvalue weighted by Gasteiger charge is -2.09. The van der Waals surface area contributed by atoms with Crippen molar-refractivity contribution in [1.82, 2.24) is 5.43 Å². The van der Waals surface area contributed by atoms with Gasteiger partial charge in [-0.05, 0) is 42.1 Å². The number of thiocarbonyl (C=S) groups is 1. The van der Waals surface area contributed by atoms with E-state index in [1.807, 2.05) is 0 Å². The van der Waals surface area contributed by atoms with Crippen molar-refractivity contribution in [3.05, 3.63) is 35.4 Å². The van der Waals surface area contributed by atoms with Crippen molar-refractivity contribution in [2.24, 2.45) is 16.8 Å². The summed E-state index contributed by atoms with van der Waals surface area (Å²) in [6.07, 6.45) is 2.40. The number of hydrazone groups is 1. The van der Waals surface area contributed by atoms with E-state index >= 15 is 0 Å². The molecule has 0 amide bonds. The van der Waals surface area contributed by atoms with Crippen molar-refractivity contribution >= 4 is 23.0 Å². The van der Waals surface area contributed by atoms with Crippen LogP contribution >= 0.6 is 12.2 Å². The van der Waals surface area contributed by atoms with Crippen molar-refractivity contribution in [2.45, 2.75) is 32.6 Å². The molecular formula is C14H19N3S. The van der Waals surface area contributed by atoms with Crippen molar-refractivity contribution in [3.8, 4) is 0 Å². The fourth-order valence-electron chi connectivity index (χ4n) is 1.90. The molecule has 0 radical (unpaired) electrons. The average molecular weight is 261 g/mol. The van der Waals surface area contributed by atoms with Gasteiger partial charge in [0, 0.05) is 5.92 Å². The maximum atomic E-state index is 5.42. The Kier molecular flexibility index (Phi) is 3.97. The predicted octanol–water partition coefficient (Wildman–Crippen LogP) is 2.76. The fourth-order valence-corrected chi connectivity index (χ4v) is 1.95. The Balaban J connectivity index is 2.20. The standard InChI is InChI=1S/C14H19N3S/c1-9(2)10-3-5-11(6-4-10)13(12-7-8-12)16-17-14(15)18/h3-6,9,12H,7-8H2,1-2H3,(H3,15,17,18)/b16-13-. The number of nitrogens with zero attached hydrogens (tertiary/aromatic N) is 1. The summed E-state index contributed by atoms with van der Waals surface area (Å²) in [6, 6.07) is 8.60. The van der Waals surface area contributed by atoms with Gasteiger partial charge in [0.15, 0.2) is 5.11 Å². The number of benzene rings is 1. The van der Waals surface area contributed by atoms with Gasteiger partial charge in [0.2, 0.25) is 0 Å². The number of hydrogen-bond donors (Lipinski definition) is 2. The molecule has 0 saturated heterocycles. The van der Waals surface area contributed by atoms with Gasteiger partial charge in [-0.15, -0.1) is 0 Å². The summed E-state index contributed by atoms with van der Waals surface area (Å²) >= 11 is 4.79. The summed E-state index contributed by atoms with van der Waals surface area (Å²) < 4.78 is 0. The lowest BCUT2D eigenvalue weighted by molar-refractivity contribution is 0.866. The topological polar surface area (TPSA) is 50.4 Å². The van der Waals surface area contributed by atoms with E-state index in [4.69, 9.17) is 18.0 Å². The van der Waals surface area contributed by atoms with Gasteiger partial charge >= 0.3 is 0 Å². The number of hydrogen-bond acceptors (Lipinski definition) is 2. The highest BCUT2D eigenvalue weighted by molar-refractivity contribution is 7.80. The van der Waals surface area contributed by atoms with Crippen molar-refractivity contribution < 1.29 is 0 Å². The summed E-state index contributed by atoms with van der Waals surface area (Å²) in [4.78, 5) is 0. The Labute approximate surface area is 113 Å². The largest absolute Gasteiger partial charge is 0.375 e. The number of nitrogens with two attached hydrogens (primary N) is 1. The average Bonchev–Trinajstić information content (AvgIpc) is 3.14. The zero-order valence-electron chi connectivity index (χ0n) is 10.8. The van der Waals surface area contributed by atoms with Gasteiger partial charge in [-0.2, -0.15) is 5.10 Å². The van der Waals surface area contributed by atoms with Crippen LogP contribution in [-0.2, 0) is 0 Å². The summed E-state index contributed by atoms with van der Waals surface area (Å²) in [5, 5.41) is 4.55. The summed E-state index contributed by atoms with van der Waals surface area (Å²) in [6.45, 7) is 4.39. The molecule has 1 aliphatic carbocycles. The zero-order valence-corrected chi connectivity index (χ0v) is 11.6. The highest BCUT2D eigenvalue weighted by Gasteiger charge is 2.28. The molecule has 1 fully saturated rings. The Morgan fingerprint density at radius 2 is 1.94 bits per heavy atom. The van der Waals surface area contributed by atoms with E-state index in [1.54, 1.807) is 0 Å². The number of nitrogens with one attached hydrogen (secondary N) is 1. The molecule has 0 spiro atoms. The first-order chi connectivity index (χ1) is 8.58.